The fraction of sp³-hybridized carbons (Fsp3) is 0.316. The number of carbonyl (C=O) groups excluding carboxylic acids is 1. The lowest BCUT2D eigenvalue weighted by Crippen LogP contribution is -2.31. The normalized spacial score (nSPS) is 11.6. The minimum absolute atomic E-state index is 0.138. The van der Waals surface area contributed by atoms with Gasteiger partial charge in [0.05, 0.1) is 4.90 Å². The average molecular weight is 375 g/mol. The monoisotopic (exact) mass is 375 g/mol. The van der Waals surface area contributed by atoms with Crippen LogP contribution in [0, 0.1) is 13.8 Å². The van der Waals surface area contributed by atoms with E-state index in [-0.39, 0.29) is 10.8 Å². The summed E-state index contributed by atoms with van der Waals surface area (Å²) in [4.78, 5) is 14.4. The summed E-state index contributed by atoms with van der Waals surface area (Å²) in [7, 11) is 0.168. The van der Waals surface area contributed by atoms with Crippen molar-refractivity contribution in [3.63, 3.8) is 0 Å². The average Bonchev–Trinajstić information content (AvgIpc) is 2.58. The molecule has 2 aromatic rings. The number of amides is 1. The Hall–Kier alpha value is -2.22. The molecular weight excluding hydrogens is 350 g/mol. The van der Waals surface area contributed by atoms with Crippen LogP contribution >= 0.6 is 0 Å². The van der Waals surface area contributed by atoms with E-state index in [2.05, 4.69) is 10.0 Å². The zero-order valence-electron chi connectivity index (χ0n) is 15.5. The van der Waals surface area contributed by atoms with Crippen molar-refractivity contribution >= 4 is 21.6 Å². The van der Waals surface area contributed by atoms with Crippen molar-refractivity contribution in [3.8, 4) is 0 Å². The standard InChI is InChI=1S/C19H25N3O3S/c1-14-5-8-17(13-15(14)2)21-19(23)16-6-9-18(10-7-16)26(24,25)20-11-12-22(3)4/h5-10,13,20H,11-12H2,1-4H3,(H,21,23). The van der Waals surface area contributed by atoms with Gasteiger partial charge in [0.15, 0.2) is 0 Å². The van der Waals surface area contributed by atoms with Gasteiger partial charge in [-0.2, -0.15) is 0 Å². The molecule has 0 spiro atoms. The van der Waals surface area contributed by atoms with Gasteiger partial charge in [0, 0.05) is 24.3 Å². The SMILES string of the molecule is Cc1ccc(NC(=O)c2ccc(S(=O)(=O)NCCN(C)C)cc2)cc1C. The Balaban J connectivity index is 2.05. The number of benzene rings is 2. The fourth-order valence-electron chi connectivity index (χ4n) is 2.29. The second-order valence-electron chi connectivity index (χ2n) is 6.48. The Bertz CT molecular complexity index is 875. The molecule has 26 heavy (non-hydrogen) atoms. The molecule has 0 aromatic heterocycles. The highest BCUT2D eigenvalue weighted by Crippen LogP contribution is 2.16. The molecule has 0 bridgehead atoms. The highest BCUT2D eigenvalue weighted by Gasteiger charge is 2.14. The highest BCUT2D eigenvalue weighted by atomic mass is 32.2. The van der Waals surface area contributed by atoms with E-state index in [1.807, 2.05) is 51.0 Å². The van der Waals surface area contributed by atoms with E-state index in [1.165, 1.54) is 24.3 Å². The first-order valence-electron chi connectivity index (χ1n) is 8.32. The van der Waals surface area contributed by atoms with Gasteiger partial charge in [-0.15, -0.1) is 0 Å². The number of nitrogens with one attached hydrogen (secondary N) is 2. The molecule has 0 saturated carbocycles. The number of anilines is 1. The second-order valence-corrected chi connectivity index (χ2v) is 8.25. The van der Waals surface area contributed by atoms with Gasteiger partial charge in [-0.3, -0.25) is 4.79 Å². The van der Waals surface area contributed by atoms with Gasteiger partial charge in [-0.25, -0.2) is 13.1 Å². The number of sulfonamides is 1. The van der Waals surface area contributed by atoms with Crippen LogP contribution in [0.3, 0.4) is 0 Å². The number of aryl methyl sites for hydroxylation is 2. The highest BCUT2D eigenvalue weighted by molar-refractivity contribution is 7.89. The number of nitrogens with zero attached hydrogens (tertiary/aromatic N) is 1. The smallest absolute Gasteiger partial charge is 0.255 e. The van der Waals surface area contributed by atoms with Crippen LogP contribution in [-0.2, 0) is 10.0 Å². The predicted octanol–water partition coefficient (Wildman–Crippen LogP) is 2.40. The molecule has 0 aliphatic carbocycles. The van der Waals surface area contributed by atoms with E-state index in [0.29, 0.717) is 24.3 Å². The summed E-state index contributed by atoms with van der Waals surface area (Å²) in [5.74, 6) is -0.280. The Morgan fingerprint density at radius 2 is 1.65 bits per heavy atom. The van der Waals surface area contributed by atoms with Gasteiger partial charge in [-0.05, 0) is 75.5 Å². The van der Waals surface area contributed by atoms with Crippen molar-refractivity contribution in [1.82, 2.24) is 9.62 Å². The molecule has 1 amide bonds. The second kappa shape index (κ2) is 8.44. The van der Waals surface area contributed by atoms with E-state index in [1.54, 1.807) is 0 Å². The predicted molar refractivity (Wildman–Crippen MR) is 104 cm³/mol. The third kappa shape index (κ3) is 5.39. The molecule has 2 N–H and O–H groups in total. The molecule has 0 aliphatic heterocycles. The summed E-state index contributed by atoms with van der Waals surface area (Å²) >= 11 is 0. The third-order valence-corrected chi connectivity index (χ3v) is 5.52. The van der Waals surface area contributed by atoms with Gasteiger partial charge in [0.25, 0.3) is 5.91 Å². The maximum atomic E-state index is 12.3. The van der Waals surface area contributed by atoms with Gasteiger partial charge in [-0.1, -0.05) is 6.07 Å². The Labute approximate surface area is 155 Å². The summed E-state index contributed by atoms with van der Waals surface area (Å²) in [6, 6.07) is 11.6. The van der Waals surface area contributed by atoms with Gasteiger partial charge in [0.1, 0.15) is 0 Å². The molecule has 0 fully saturated rings. The topological polar surface area (TPSA) is 78.5 Å². The van der Waals surface area contributed by atoms with E-state index in [4.69, 9.17) is 0 Å². The lowest BCUT2D eigenvalue weighted by molar-refractivity contribution is 0.102. The van der Waals surface area contributed by atoms with Crippen LogP contribution in [0.2, 0.25) is 0 Å². The molecule has 2 rings (SSSR count). The lowest BCUT2D eigenvalue weighted by Gasteiger charge is -2.11. The summed E-state index contributed by atoms with van der Waals surface area (Å²) < 4.78 is 27.0. The van der Waals surface area contributed by atoms with Gasteiger partial charge in [0.2, 0.25) is 10.0 Å². The minimum Gasteiger partial charge on any atom is -0.322 e. The van der Waals surface area contributed by atoms with Gasteiger partial charge < -0.3 is 10.2 Å². The fourth-order valence-corrected chi connectivity index (χ4v) is 3.32. The van der Waals surface area contributed by atoms with Crippen LogP contribution in [0.25, 0.3) is 0 Å². The number of likely N-dealkylation sites (N-methyl/N-ethyl adjacent to an activating group) is 1. The van der Waals surface area contributed by atoms with Crippen LogP contribution in [0.1, 0.15) is 21.5 Å². The zero-order valence-corrected chi connectivity index (χ0v) is 16.4. The first-order valence-corrected chi connectivity index (χ1v) is 9.80. The number of hydrogen-bond acceptors (Lipinski definition) is 4. The number of carbonyl (C=O) groups is 1. The summed E-state index contributed by atoms with van der Waals surface area (Å²) in [6.45, 7) is 4.92. The molecule has 7 heteroatoms. The molecule has 0 atom stereocenters. The van der Waals surface area contributed by atoms with Crippen LogP contribution in [0.4, 0.5) is 5.69 Å². The van der Waals surface area contributed by atoms with Crippen molar-refractivity contribution in [2.24, 2.45) is 0 Å². The molecule has 140 valence electrons. The van der Waals surface area contributed by atoms with Crippen LogP contribution in [0.15, 0.2) is 47.4 Å². The Morgan fingerprint density at radius 3 is 2.23 bits per heavy atom. The molecule has 0 aliphatic rings. The number of rotatable bonds is 7. The van der Waals surface area contributed by atoms with E-state index in [0.717, 1.165) is 11.1 Å². The minimum atomic E-state index is -3.58. The van der Waals surface area contributed by atoms with Crippen molar-refractivity contribution in [2.45, 2.75) is 18.7 Å². The summed E-state index contributed by atoms with van der Waals surface area (Å²) in [6.07, 6.45) is 0. The lowest BCUT2D eigenvalue weighted by atomic mass is 10.1. The molecule has 0 radical (unpaired) electrons. The third-order valence-electron chi connectivity index (χ3n) is 4.04. The summed E-state index contributed by atoms with van der Waals surface area (Å²) in [5.41, 5.74) is 3.35. The quantitative estimate of drug-likeness (QED) is 0.779. The first-order chi connectivity index (χ1) is 12.2. The molecule has 2 aromatic carbocycles. The Morgan fingerprint density at radius 1 is 1.00 bits per heavy atom. The molecule has 0 unspecified atom stereocenters. The van der Waals surface area contributed by atoms with Crippen LogP contribution in [0.5, 0.6) is 0 Å². The van der Waals surface area contributed by atoms with Crippen molar-refractivity contribution < 1.29 is 13.2 Å². The van der Waals surface area contributed by atoms with Crippen LogP contribution < -0.4 is 10.0 Å². The molecular formula is C19H25N3O3S. The maximum Gasteiger partial charge on any atom is 0.255 e. The van der Waals surface area contributed by atoms with Crippen molar-refractivity contribution in [2.75, 3.05) is 32.5 Å². The molecule has 0 saturated heterocycles. The van der Waals surface area contributed by atoms with Crippen molar-refractivity contribution in [1.29, 1.82) is 0 Å². The van der Waals surface area contributed by atoms with E-state index in [9.17, 15) is 13.2 Å². The van der Waals surface area contributed by atoms with Crippen molar-refractivity contribution in [3.05, 3.63) is 59.2 Å². The van der Waals surface area contributed by atoms with Crippen LogP contribution in [-0.4, -0.2) is 46.4 Å². The molecule has 0 heterocycles. The Kier molecular flexibility index (Phi) is 6.52. The summed E-state index contributed by atoms with van der Waals surface area (Å²) in [5, 5.41) is 2.82. The zero-order chi connectivity index (χ0) is 19.3. The first kappa shape index (κ1) is 20.1. The van der Waals surface area contributed by atoms with Gasteiger partial charge >= 0.3 is 0 Å². The van der Waals surface area contributed by atoms with E-state index < -0.39 is 10.0 Å². The number of hydrogen-bond donors (Lipinski definition) is 2. The largest absolute Gasteiger partial charge is 0.322 e. The maximum absolute atomic E-state index is 12.3. The molecule has 6 nitrogen and oxygen atoms in total. The van der Waals surface area contributed by atoms with E-state index >= 15 is 0 Å².